The number of fused-ring (bicyclic) bond motifs is 2. The second-order valence-corrected chi connectivity index (χ2v) is 8.69. The van der Waals surface area contributed by atoms with Crippen LogP contribution in [0.25, 0.3) is 21.5 Å². The molecule has 0 atom stereocenters. The molecule has 0 saturated heterocycles. The molecule has 148 valence electrons. The van der Waals surface area contributed by atoms with Gasteiger partial charge in [-0.1, -0.05) is 48.5 Å². The van der Waals surface area contributed by atoms with Crippen LogP contribution in [-0.2, 0) is 16.5 Å². The summed E-state index contributed by atoms with van der Waals surface area (Å²) in [7, 11) is -2.63. The van der Waals surface area contributed by atoms with Crippen LogP contribution >= 0.6 is 0 Å². The predicted octanol–water partition coefficient (Wildman–Crippen LogP) is 5.46. The van der Waals surface area contributed by atoms with Crippen LogP contribution in [0.3, 0.4) is 0 Å². The number of aryl methyl sites for hydroxylation is 2. The number of benzene rings is 4. The van der Waals surface area contributed by atoms with Crippen LogP contribution in [0.2, 0.25) is 0 Å². The highest BCUT2D eigenvalue weighted by molar-refractivity contribution is 7.86. The third-order valence-corrected chi connectivity index (χ3v) is 6.39. The Kier molecular flexibility index (Phi) is 4.81. The molecular weight excluding hydrogens is 384 g/mol. The number of hydrogen-bond acceptors (Lipinski definition) is 3. The average molecular weight is 407 g/mol. The molecule has 0 aliphatic carbocycles. The van der Waals surface area contributed by atoms with Crippen molar-refractivity contribution in [3.05, 3.63) is 82.9 Å². The van der Waals surface area contributed by atoms with Gasteiger partial charge in [-0.25, -0.2) is 0 Å². The van der Waals surface area contributed by atoms with Crippen LogP contribution in [0, 0.1) is 13.8 Å². The second kappa shape index (κ2) is 7.17. The molecule has 4 rings (SSSR count). The Morgan fingerprint density at radius 3 is 2.21 bits per heavy atom. The lowest BCUT2D eigenvalue weighted by molar-refractivity contribution is 0.419. The summed E-state index contributed by atoms with van der Waals surface area (Å²) in [6.07, 6.45) is 0.636. The number of rotatable bonds is 4. The summed E-state index contributed by atoms with van der Waals surface area (Å²) in [5.74, 6) is 0.838. The summed E-state index contributed by atoms with van der Waals surface area (Å²) in [5, 5.41) is 3.60. The van der Waals surface area contributed by atoms with E-state index in [2.05, 4.69) is 25.1 Å². The van der Waals surface area contributed by atoms with Crippen molar-refractivity contribution in [3.63, 3.8) is 0 Å². The van der Waals surface area contributed by atoms with E-state index in [0.717, 1.165) is 44.2 Å². The molecule has 0 fully saturated rings. The fraction of sp³-hybridized carbons (Fsp3) is 0.167. The van der Waals surface area contributed by atoms with E-state index < -0.39 is 10.1 Å². The van der Waals surface area contributed by atoms with Gasteiger partial charge in [0.15, 0.2) is 0 Å². The van der Waals surface area contributed by atoms with Gasteiger partial charge in [0.25, 0.3) is 10.1 Å². The Balaban J connectivity index is 1.96. The van der Waals surface area contributed by atoms with E-state index in [1.165, 1.54) is 6.07 Å². The monoisotopic (exact) mass is 406 g/mol. The normalized spacial score (nSPS) is 11.9. The largest absolute Gasteiger partial charge is 0.496 e. The lowest BCUT2D eigenvalue weighted by Crippen LogP contribution is -2.01. The molecule has 0 aromatic heterocycles. The minimum atomic E-state index is -4.30. The molecule has 0 amide bonds. The standard InChI is InChI=1S/C24H22O4S/c1-15-6-4-8-19-17(11-12-21(28-3)24(15)19)14-18-7-5-9-20-22(29(25,26)27)13-10-16(2)23(18)20/h4-13H,14H2,1-3H3,(H,25,26,27). The van der Waals surface area contributed by atoms with Gasteiger partial charge in [0.2, 0.25) is 0 Å². The number of hydrogen-bond donors (Lipinski definition) is 1. The molecule has 1 N–H and O–H groups in total. The molecule has 0 radical (unpaired) electrons. The van der Waals surface area contributed by atoms with Crippen LogP contribution in [0.5, 0.6) is 5.75 Å². The first-order valence-corrected chi connectivity index (χ1v) is 10.8. The second-order valence-electron chi connectivity index (χ2n) is 7.30. The SMILES string of the molecule is COc1ccc(Cc2cccc3c(S(=O)(=O)O)ccc(C)c23)c2cccc(C)c12. The quantitative estimate of drug-likeness (QED) is 0.457. The van der Waals surface area contributed by atoms with Crippen molar-refractivity contribution in [3.8, 4) is 5.75 Å². The van der Waals surface area contributed by atoms with Crippen molar-refractivity contribution in [2.24, 2.45) is 0 Å². The molecule has 5 heteroatoms. The summed E-state index contributed by atoms with van der Waals surface area (Å²) in [6.45, 7) is 4.02. The third-order valence-electron chi connectivity index (χ3n) is 5.48. The van der Waals surface area contributed by atoms with Crippen LogP contribution in [0.4, 0.5) is 0 Å². The van der Waals surface area contributed by atoms with Gasteiger partial charge in [-0.3, -0.25) is 4.55 Å². The van der Waals surface area contributed by atoms with Gasteiger partial charge in [0.05, 0.1) is 7.11 Å². The third kappa shape index (κ3) is 3.37. The highest BCUT2D eigenvalue weighted by Crippen LogP contribution is 2.35. The van der Waals surface area contributed by atoms with E-state index in [1.807, 2.05) is 31.2 Å². The van der Waals surface area contributed by atoms with Gasteiger partial charge < -0.3 is 4.74 Å². The van der Waals surface area contributed by atoms with Crippen molar-refractivity contribution in [2.45, 2.75) is 25.2 Å². The number of methoxy groups -OCH3 is 1. The minimum absolute atomic E-state index is 0.0598. The summed E-state index contributed by atoms with van der Waals surface area (Å²) in [6, 6.07) is 19.0. The first-order chi connectivity index (χ1) is 13.8. The van der Waals surface area contributed by atoms with E-state index >= 15 is 0 Å². The summed E-state index contributed by atoms with van der Waals surface area (Å²) >= 11 is 0. The Morgan fingerprint density at radius 2 is 1.48 bits per heavy atom. The lowest BCUT2D eigenvalue weighted by Gasteiger charge is -2.15. The van der Waals surface area contributed by atoms with E-state index in [-0.39, 0.29) is 4.90 Å². The van der Waals surface area contributed by atoms with Gasteiger partial charge in [0.1, 0.15) is 10.6 Å². The van der Waals surface area contributed by atoms with Crippen LogP contribution < -0.4 is 4.74 Å². The number of ether oxygens (including phenoxy) is 1. The minimum Gasteiger partial charge on any atom is -0.496 e. The average Bonchev–Trinajstić information content (AvgIpc) is 2.68. The molecule has 0 unspecified atom stereocenters. The van der Waals surface area contributed by atoms with Crippen molar-refractivity contribution in [1.82, 2.24) is 0 Å². The molecule has 0 heterocycles. The highest BCUT2D eigenvalue weighted by Gasteiger charge is 2.17. The first kappa shape index (κ1) is 19.4. The lowest BCUT2D eigenvalue weighted by atomic mass is 9.92. The van der Waals surface area contributed by atoms with Gasteiger partial charge >= 0.3 is 0 Å². The molecule has 0 saturated carbocycles. The fourth-order valence-corrected chi connectivity index (χ4v) is 4.85. The Morgan fingerprint density at radius 1 is 0.793 bits per heavy atom. The fourth-order valence-electron chi connectivity index (χ4n) is 4.16. The van der Waals surface area contributed by atoms with E-state index in [4.69, 9.17) is 4.74 Å². The molecule has 4 aromatic carbocycles. The molecule has 0 spiro atoms. The maximum Gasteiger partial charge on any atom is 0.295 e. The zero-order valence-electron chi connectivity index (χ0n) is 16.6. The topological polar surface area (TPSA) is 63.6 Å². The van der Waals surface area contributed by atoms with Crippen molar-refractivity contribution in [2.75, 3.05) is 7.11 Å². The van der Waals surface area contributed by atoms with Gasteiger partial charge in [-0.15, -0.1) is 0 Å². The van der Waals surface area contributed by atoms with Gasteiger partial charge in [-0.05, 0) is 65.4 Å². The molecule has 4 nitrogen and oxygen atoms in total. The Labute approximate surface area is 170 Å². The maximum absolute atomic E-state index is 11.9. The summed E-state index contributed by atoms with van der Waals surface area (Å²) < 4.78 is 38.9. The van der Waals surface area contributed by atoms with E-state index in [0.29, 0.717) is 11.8 Å². The Hall–Kier alpha value is -2.89. The Bertz CT molecular complexity index is 1350. The van der Waals surface area contributed by atoms with Crippen LogP contribution in [-0.4, -0.2) is 20.1 Å². The highest BCUT2D eigenvalue weighted by atomic mass is 32.2. The maximum atomic E-state index is 11.9. The van der Waals surface area contributed by atoms with Crippen molar-refractivity contribution in [1.29, 1.82) is 0 Å². The molecular formula is C24H22O4S. The van der Waals surface area contributed by atoms with Crippen molar-refractivity contribution >= 4 is 31.7 Å². The summed E-state index contributed by atoms with van der Waals surface area (Å²) in [4.78, 5) is -0.0598. The van der Waals surface area contributed by atoms with E-state index in [9.17, 15) is 13.0 Å². The zero-order chi connectivity index (χ0) is 20.8. The van der Waals surface area contributed by atoms with Crippen LogP contribution in [0.1, 0.15) is 22.3 Å². The molecule has 29 heavy (non-hydrogen) atoms. The zero-order valence-corrected chi connectivity index (χ0v) is 17.4. The summed E-state index contributed by atoms with van der Waals surface area (Å²) in [5.41, 5.74) is 4.26. The van der Waals surface area contributed by atoms with Gasteiger partial charge in [0, 0.05) is 10.8 Å². The first-order valence-electron chi connectivity index (χ1n) is 9.35. The van der Waals surface area contributed by atoms with Gasteiger partial charge in [-0.2, -0.15) is 8.42 Å². The molecule has 0 aliphatic rings. The van der Waals surface area contributed by atoms with Crippen molar-refractivity contribution < 1.29 is 17.7 Å². The molecule has 4 aromatic rings. The molecule has 0 aliphatic heterocycles. The molecule has 0 bridgehead atoms. The van der Waals surface area contributed by atoms with E-state index in [1.54, 1.807) is 19.2 Å². The van der Waals surface area contributed by atoms with Crippen LogP contribution in [0.15, 0.2) is 65.6 Å². The smallest absolute Gasteiger partial charge is 0.295 e. The predicted molar refractivity (Wildman–Crippen MR) is 117 cm³/mol.